The maximum Gasteiger partial charge on any atom is 0.287 e. The lowest BCUT2D eigenvalue weighted by Crippen LogP contribution is -2.23. The van der Waals surface area contributed by atoms with Gasteiger partial charge in [-0.2, -0.15) is 5.10 Å². The average molecular weight is 308 g/mol. The molecule has 0 bridgehead atoms. The summed E-state index contributed by atoms with van der Waals surface area (Å²) >= 11 is 6.06. The van der Waals surface area contributed by atoms with Gasteiger partial charge in [0.2, 0.25) is 0 Å². The van der Waals surface area contributed by atoms with Crippen molar-refractivity contribution in [2.75, 3.05) is 11.9 Å². The molecule has 0 atom stereocenters. The van der Waals surface area contributed by atoms with Crippen molar-refractivity contribution in [1.29, 1.82) is 0 Å². The summed E-state index contributed by atoms with van der Waals surface area (Å²) in [5.41, 5.74) is 1.29. The van der Waals surface area contributed by atoms with Gasteiger partial charge < -0.3 is 10.1 Å². The van der Waals surface area contributed by atoms with Gasteiger partial charge in [-0.25, -0.2) is 4.68 Å². The quantitative estimate of drug-likeness (QED) is 0.891. The Bertz CT molecular complexity index is 670. The van der Waals surface area contributed by atoms with Crippen molar-refractivity contribution >= 4 is 17.3 Å². The van der Waals surface area contributed by atoms with Gasteiger partial charge in [0.15, 0.2) is 0 Å². The molecule has 0 saturated heterocycles. The molecule has 0 saturated carbocycles. The van der Waals surface area contributed by atoms with Crippen molar-refractivity contribution in [2.24, 2.45) is 0 Å². The topological polar surface area (TPSA) is 56.1 Å². The average Bonchev–Trinajstić information content (AvgIpc) is 2.50. The monoisotopic (exact) mass is 307 g/mol. The van der Waals surface area contributed by atoms with E-state index in [0.29, 0.717) is 25.4 Å². The van der Waals surface area contributed by atoms with Crippen molar-refractivity contribution in [1.82, 2.24) is 9.78 Å². The van der Waals surface area contributed by atoms with Crippen molar-refractivity contribution in [2.45, 2.75) is 26.9 Å². The number of anilines is 1. The lowest BCUT2D eigenvalue weighted by molar-refractivity contribution is 0.340. The predicted molar refractivity (Wildman–Crippen MR) is 84.1 cm³/mol. The zero-order valence-electron chi connectivity index (χ0n) is 12.1. The van der Waals surface area contributed by atoms with E-state index in [1.54, 1.807) is 6.20 Å². The Morgan fingerprint density at radius 1 is 1.38 bits per heavy atom. The third kappa shape index (κ3) is 3.76. The Labute approximate surface area is 128 Å². The molecule has 0 radical (unpaired) electrons. The summed E-state index contributed by atoms with van der Waals surface area (Å²) in [7, 11) is 0. The van der Waals surface area contributed by atoms with Gasteiger partial charge in [0.25, 0.3) is 5.56 Å². The predicted octanol–water partition coefficient (Wildman–Crippen LogP) is 2.93. The minimum absolute atomic E-state index is 0.160. The molecular formula is C15H18ClN3O2. The molecule has 5 nitrogen and oxygen atoms in total. The number of benzene rings is 1. The van der Waals surface area contributed by atoms with Crippen LogP contribution in [0.5, 0.6) is 5.75 Å². The Hall–Kier alpha value is -2.01. The third-order valence-corrected chi connectivity index (χ3v) is 3.34. The standard InChI is InChI=1S/C15H18ClN3O2/c1-3-19-15(20)14(16)13(10-18-19)17-9-11-6-5-7-12(8-11)21-4-2/h5-8,10,17H,3-4,9H2,1-2H3. The van der Waals surface area contributed by atoms with Gasteiger partial charge in [-0.3, -0.25) is 4.79 Å². The van der Waals surface area contributed by atoms with E-state index in [1.807, 2.05) is 38.1 Å². The third-order valence-electron chi connectivity index (χ3n) is 2.98. The molecule has 0 amide bonds. The van der Waals surface area contributed by atoms with Gasteiger partial charge in [-0.15, -0.1) is 0 Å². The van der Waals surface area contributed by atoms with Gasteiger partial charge >= 0.3 is 0 Å². The smallest absolute Gasteiger partial charge is 0.287 e. The first-order valence-corrected chi connectivity index (χ1v) is 7.24. The zero-order valence-corrected chi connectivity index (χ0v) is 12.9. The highest BCUT2D eigenvalue weighted by Gasteiger charge is 2.08. The second-order valence-corrected chi connectivity index (χ2v) is 4.81. The van der Waals surface area contributed by atoms with Crippen molar-refractivity contribution in [3.8, 4) is 5.75 Å². The van der Waals surface area contributed by atoms with E-state index in [1.165, 1.54) is 4.68 Å². The fourth-order valence-electron chi connectivity index (χ4n) is 1.92. The minimum Gasteiger partial charge on any atom is -0.494 e. The second-order valence-electron chi connectivity index (χ2n) is 4.43. The van der Waals surface area contributed by atoms with E-state index in [9.17, 15) is 4.79 Å². The zero-order chi connectivity index (χ0) is 15.2. The molecule has 2 aromatic rings. The van der Waals surface area contributed by atoms with Crippen LogP contribution in [0.1, 0.15) is 19.4 Å². The van der Waals surface area contributed by atoms with E-state index in [4.69, 9.17) is 16.3 Å². The minimum atomic E-state index is -0.285. The summed E-state index contributed by atoms with van der Waals surface area (Å²) in [6, 6.07) is 7.76. The number of ether oxygens (including phenoxy) is 1. The summed E-state index contributed by atoms with van der Waals surface area (Å²) in [5, 5.41) is 7.34. The first-order chi connectivity index (χ1) is 10.2. The van der Waals surface area contributed by atoms with Crippen molar-refractivity contribution in [3.63, 3.8) is 0 Å². The number of aryl methyl sites for hydroxylation is 1. The van der Waals surface area contributed by atoms with E-state index >= 15 is 0 Å². The molecule has 1 heterocycles. The molecule has 1 N–H and O–H groups in total. The van der Waals surface area contributed by atoms with Crippen molar-refractivity contribution in [3.05, 3.63) is 51.4 Å². The molecule has 0 fully saturated rings. The molecule has 2 rings (SSSR count). The summed E-state index contributed by atoms with van der Waals surface area (Å²) in [5.74, 6) is 0.822. The Balaban J connectivity index is 2.11. The van der Waals surface area contributed by atoms with Crippen LogP contribution in [0.4, 0.5) is 5.69 Å². The van der Waals surface area contributed by atoms with E-state index in [-0.39, 0.29) is 10.6 Å². The second kappa shape index (κ2) is 7.13. The fraction of sp³-hybridized carbons (Fsp3) is 0.333. The van der Waals surface area contributed by atoms with E-state index in [2.05, 4.69) is 10.4 Å². The molecule has 112 valence electrons. The number of halogens is 1. The van der Waals surface area contributed by atoms with Crippen LogP contribution in [-0.2, 0) is 13.1 Å². The van der Waals surface area contributed by atoms with E-state index < -0.39 is 0 Å². The largest absolute Gasteiger partial charge is 0.494 e. The molecule has 0 spiro atoms. The molecule has 0 aliphatic rings. The number of nitrogens with zero attached hydrogens (tertiary/aromatic N) is 2. The maximum absolute atomic E-state index is 11.9. The molecule has 1 aromatic heterocycles. The molecular weight excluding hydrogens is 290 g/mol. The lowest BCUT2D eigenvalue weighted by Gasteiger charge is -2.10. The van der Waals surface area contributed by atoms with Crippen LogP contribution in [0.15, 0.2) is 35.3 Å². The first kappa shape index (κ1) is 15.4. The Morgan fingerprint density at radius 2 is 2.19 bits per heavy atom. The van der Waals surface area contributed by atoms with Crippen LogP contribution in [0, 0.1) is 0 Å². The normalized spacial score (nSPS) is 10.4. The van der Waals surface area contributed by atoms with Gasteiger partial charge in [0, 0.05) is 13.1 Å². The molecule has 21 heavy (non-hydrogen) atoms. The van der Waals surface area contributed by atoms with Crippen LogP contribution in [-0.4, -0.2) is 16.4 Å². The SMILES string of the molecule is CCOc1cccc(CNc2cnn(CC)c(=O)c2Cl)c1. The highest BCUT2D eigenvalue weighted by molar-refractivity contribution is 6.32. The number of hydrogen-bond donors (Lipinski definition) is 1. The maximum atomic E-state index is 11.9. The summed E-state index contributed by atoms with van der Waals surface area (Å²) in [4.78, 5) is 11.9. The summed E-state index contributed by atoms with van der Waals surface area (Å²) in [6.45, 7) is 5.45. The highest BCUT2D eigenvalue weighted by Crippen LogP contribution is 2.18. The molecule has 1 aromatic carbocycles. The van der Waals surface area contributed by atoms with E-state index in [0.717, 1.165) is 11.3 Å². The lowest BCUT2D eigenvalue weighted by atomic mass is 10.2. The van der Waals surface area contributed by atoms with Gasteiger partial charge in [0.1, 0.15) is 10.8 Å². The summed E-state index contributed by atoms with van der Waals surface area (Å²) < 4.78 is 6.77. The number of aromatic nitrogens is 2. The Morgan fingerprint density at radius 3 is 2.90 bits per heavy atom. The fourth-order valence-corrected chi connectivity index (χ4v) is 2.14. The van der Waals surface area contributed by atoms with Crippen LogP contribution in [0.3, 0.4) is 0 Å². The van der Waals surface area contributed by atoms with Gasteiger partial charge in [-0.1, -0.05) is 23.7 Å². The highest BCUT2D eigenvalue weighted by atomic mass is 35.5. The van der Waals surface area contributed by atoms with Crippen LogP contribution in [0.2, 0.25) is 5.02 Å². The van der Waals surface area contributed by atoms with Gasteiger partial charge in [-0.05, 0) is 31.5 Å². The van der Waals surface area contributed by atoms with Gasteiger partial charge in [0.05, 0.1) is 18.5 Å². The molecule has 0 unspecified atom stereocenters. The molecule has 0 aliphatic carbocycles. The van der Waals surface area contributed by atoms with Crippen LogP contribution in [0.25, 0.3) is 0 Å². The molecule has 0 aliphatic heterocycles. The molecule has 6 heteroatoms. The number of rotatable bonds is 6. The summed E-state index contributed by atoms with van der Waals surface area (Å²) in [6.07, 6.45) is 1.57. The van der Waals surface area contributed by atoms with Crippen molar-refractivity contribution < 1.29 is 4.74 Å². The number of nitrogens with one attached hydrogen (secondary N) is 1. The Kier molecular flexibility index (Phi) is 5.22. The first-order valence-electron chi connectivity index (χ1n) is 6.87. The number of hydrogen-bond acceptors (Lipinski definition) is 4. The van der Waals surface area contributed by atoms with Crippen LogP contribution >= 0.6 is 11.6 Å². The van der Waals surface area contributed by atoms with Crippen LogP contribution < -0.4 is 15.6 Å².